The van der Waals surface area contributed by atoms with Gasteiger partial charge in [0.05, 0.1) is 25.5 Å². The van der Waals surface area contributed by atoms with Gasteiger partial charge in [-0.3, -0.25) is 14.2 Å². The van der Waals surface area contributed by atoms with Crippen molar-refractivity contribution >= 4 is 22.6 Å². The van der Waals surface area contributed by atoms with Crippen LogP contribution < -0.4 is 16.2 Å². The van der Waals surface area contributed by atoms with Crippen LogP contribution in [-0.2, 0) is 22.6 Å². The number of carbonyl (C=O) groups is 1. The molecule has 1 aromatic carbocycles. The highest BCUT2D eigenvalue weighted by Gasteiger charge is 2.24. The molecule has 1 atom stereocenters. The van der Waals surface area contributed by atoms with Gasteiger partial charge in [-0.25, -0.2) is 4.98 Å². The van der Waals surface area contributed by atoms with Crippen LogP contribution in [0.5, 0.6) is 0 Å². The van der Waals surface area contributed by atoms with Crippen LogP contribution in [0.1, 0.15) is 31.2 Å². The van der Waals surface area contributed by atoms with Crippen LogP contribution >= 0.6 is 0 Å². The predicted molar refractivity (Wildman–Crippen MR) is 136 cm³/mol. The zero-order valence-electron chi connectivity index (χ0n) is 20.0. The minimum atomic E-state index is -0.217. The standard InChI is InChI=1S/C27H31N5O3/c1-35-22-11-5-9-20(13-22)24(33)17-31-18-29-23-14-25(30-12-6-10-21(28)16-30)32(26(23)27(31)34)15-19-7-3-2-4-8-19/h2-4,7-8,11,13-14,18,21H,5-6,9-10,12,15-17,28H2,1H3/t21-/m0/s1. The highest BCUT2D eigenvalue weighted by molar-refractivity contribution is 5.96. The van der Waals surface area contributed by atoms with Crippen molar-refractivity contribution < 1.29 is 9.53 Å². The predicted octanol–water partition coefficient (Wildman–Crippen LogP) is 2.99. The van der Waals surface area contributed by atoms with E-state index in [1.165, 1.54) is 10.9 Å². The molecule has 0 bridgehead atoms. The van der Waals surface area contributed by atoms with Gasteiger partial charge in [-0.15, -0.1) is 0 Å². The topological polar surface area (TPSA) is 95.4 Å². The number of methoxy groups -OCH3 is 1. The molecule has 8 heteroatoms. The minimum Gasteiger partial charge on any atom is -0.497 e. The zero-order chi connectivity index (χ0) is 24.4. The molecule has 0 unspecified atom stereocenters. The lowest BCUT2D eigenvalue weighted by molar-refractivity contribution is -0.116. The van der Waals surface area contributed by atoms with Gasteiger partial charge >= 0.3 is 0 Å². The van der Waals surface area contributed by atoms with Gasteiger partial charge in [0, 0.05) is 37.3 Å². The van der Waals surface area contributed by atoms with Crippen LogP contribution in [-0.4, -0.2) is 46.1 Å². The van der Waals surface area contributed by atoms with E-state index in [4.69, 9.17) is 10.5 Å². The number of Topliss-reactive ketones (excluding diaryl/α,β-unsaturated/α-hetero) is 1. The van der Waals surface area contributed by atoms with Gasteiger partial charge in [0.1, 0.15) is 17.1 Å². The smallest absolute Gasteiger partial charge is 0.278 e. The molecule has 2 N–H and O–H groups in total. The summed E-state index contributed by atoms with van der Waals surface area (Å²) in [5, 5.41) is 0. The molecule has 1 aliphatic carbocycles. The molecular weight excluding hydrogens is 442 g/mol. The van der Waals surface area contributed by atoms with E-state index in [1.54, 1.807) is 13.2 Å². The maximum Gasteiger partial charge on any atom is 0.278 e. The quantitative estimate of drug-likeness (QED) is 0.567. The number of allylic oxidation sites excluding steroid dienone is 3. The lowest BCUT2D eigenvalue weighted by Gasteiger charge is -2.33. The summed E-state index contributed by atoms with van der Waals surface area (Å²) in [5.41, 5.74) is 8.95. The number of piperidine rings is 1. The number of benzene rings is 1. The number of ether oxygens (including phenoxy) is 1. The second-order valence-corrected chi connectivity index (χ2v) is 9.28. The first-order chi connectivity index (χ1) is 17.0. The Balaban J connectivity index is 1.54. The molecule has 2 aromatic heterocycles. The molecule has 0 amide bonds. The summed E-state index contributed by atoms with van der Waals surface area (Å²) in [6.45, 7) is 2.11. The Labute approximate surface area is 204 Å². The fourth-order valence-electron chi connectivity index (χ4n) is 4.98. The number of rotatable bonds is 7. The number of hydrogen-bond acceptors (Lipinski definition) is 6. The second-order valence-electron chi connectivity index (χ2n) is 9.28. The average molecular weight is 474 g/mol. The first kappa shape index (κ1) is 23.1. The van der Waals surface area contributed by atoms with Crippen LogP contribution in [0.2, 0.25) is 0 Å². The van der Waals surface area contributed by atoms with Crippen molar-refractivity contribution in [1.82, 2.24) is 14.1 Å². The first-order valence-electron chi connectivity index (χ1n) is 12.1. The summed E-state index contributed by atoms with van der Waals surface area (Å²) in [5.74, 6) is 1.53. The summed E-state index contributed by atoms with van der Waals surface area (Å²) in [6.07, 6.45) is 8.59. The number of ketones is 1. The molecule has 1 fully saturated rings. The molecule has 0 saturated carbocycles. The van der Waals surface area contributed by atoms with Crippen molar-refractivity contribution in [3.8, 4) is 0 Å². The van der Waals surface area contributed by atoms with E-state index in [-0.39, 0.29) is 23.9 Å². The van der Waals surface area contributed by atoms with E-state index in [2.05, 4.69) is 9.88 Å². The number of nitrogens with zero attached hydrogens (tertiary/aromatic N) is 4. The summed E-state index contributed by atoms with van der Waals surface area (Å²) in [4.78, 5) is 33.5. The molecule has 0 radical (unpaired) electrons. The Morgan fingerprint density at radius 2 is 2.09 bits per heavy atom. The van der Waals surface area contributed by atoms with Gasteiger partial charge < -0.3 is 19.9 Å². The lowest BCUT2D eigenvalue weighted by atomic mass is 10.00. The monoisotopic (exact) mass is 473 g/mol. The van der Waals surface area contributed by atoms with Crippen LogP contribution in [0, 0.1) is 0 Å². The van der Waals surface area contributed by atoms with Gasteiger partial charge in [-0.1, -0.05) is 30.3 Å². The van der Waals surface area contributed by atoms with E-state index in [0.717, 1.165) is 43.7 Å². The molecule has 5 rings (SSSR count). The van der Waals surface area contributed by atoms with Crippen molar-refractivity contribution in [3.05, 3.63) is 82.1 Å². The Kier molecular flexibility index (Phi) is 6.55. The third kappa shape index (κ3) is 4.79. The summed E-state index contributed by atoms with van der Waals surface area (Å²) >= 11 is 0. The number of anilines is 1. The maximum absolute atomic E-state index is 13.7. The van der Waals surface area contributed by atoms with E-state index in [1.807, 2.05) is 47.0 Å². The molecular formula is C27H31N5O3. The van der Waals surface area contributed by atoms with Gasteiger partial charge in [0.15, 0.2) is 5.78 Å². The number of aromatic nitrogens is 3. The fraction of sp³-hybridized carbons (Fsp3) is 0.370. The largest absolute Gasteiger partial charge is 0.497 e. The third-order valence-electron chi connectivity index (χ3n) is 6.80. The van der Waals surface area contributed by atoms with Gasteiger partial charge in [-0.2, -0.15) is 0 Å². The van der Waals surface area contributed by atoms with E-state index < -0.39 is 0 Å². The lowest BCUT2D eigenvalue weighted by Crippen LogP contribution is -2.43. The van der Waals surface area contributed by atoms with Crippen molar-refractivity contribution in [2.45, 2.75) is 44.8 Å². The highest BCUT2D eigenvalue weighted by Crippen LogP contribution is 2.27. The highest BCUT2D eigenvalue weighted by atomic mass is 16.5. The van der Waals surface area contributed by atoms with E-state index in [0.29, 0.717) is 35.3 Å². The molecule has 2 aliphatic rings. The van der Waals surface area contributed by atoms with Crippen LogP contribution in [0.25, 0.3) is 11.0 Å². The van der Waals surface area contributed by atoms with Crippen molar-refractivity contribution in [2.75, 3.05) is 25.1 Å². The fourth-order valence-corrected chi connectivity index (χ4v) is 4.98. The maximum atomic E-state index is 13.7. The van der Waals surface area contributed by atoms with Gasteiger partial charge in [-0.05, 0) is 43.4 Å². The number of carbonyl (C=O) groups excluding carboxylic acids is 1. The minimum absolute atomic E-state index is 0.0506. The Hall–Kier alpha value is -3.65. The molecule has 1 aliphatic heterocycles. The Bertz CT molecular complexity index is 1350. The molecule has 1 saturated heterocycles. The first-order valence-corrected chi connectivity index (χ1v) is 12.1. The summed E-state index contributed by atoms with van der Waals surface area (Å²) in [6, 6.07) is 12.1. The summed E-state index contributed by atoms with van der Waals surface area (Å²) in [7, 11) is 1.59. The van der Waals surface area contributed by atoms with Crippen molar-refractivity contribution in [1.29, 1.82) is 0 Å². The second kappa shape index (κ2) is 9.92. The number of hydrogen-bond donors (Lipinski definition) is 1. The van der Waals surface area contributed by atoms with Crippen LogP contribution in [0.4, 0.5) is 5.82 Å². The molecule has 182 valence electrons. The normalized spacial score (nSPS) is 18.3. The number of nitrogens with two attached hydrogens (primary N) is 1. The average Bonchev–Trinajstić information content (AvgIpc) is 3.25. The molecule has 35 heavy (non-hydrogen) atoms. The van der Waals surface area contributed by atoms with Gasteiger partial charge in [0.25, 0.3) is 5.56 Å². The summed E-state index contributed by atoms with van der Waals surface area (Å²) < 4.78 is 8.73. The molecule has 3 aromatic rings. The van der Waals surface area contributed by atoms with Crippen molar-refractivity contribution in [3.63, 3.8) is 0 Å². The third-order valence-corrected chi connectivity index (χ3v) is 6.80. The Morgan fingerprint density at radius 3 is 2.86 bits per heavy atom. The zero-order valence-corrected chi connectivity index (χ0v) is 20.0. The molecule has 0 spiro atoms. The van der Waals surface area contributed by atoms with Crippen LogP contribution in [0.15, 0.2) is 71.0 Å². The molecule has 3 heterocycles. The van der Waals surface area contributed by atoms with E-state index in [9.17, 15) is 9.59 Å². The van der Waals surface area contributed by atoms with Gasteiger partial charge in [0.2, 0.25) is 0 Å². The SMILES string of the molecule is COC1=CCCC(C(=O)Cn2cnc3cc(N4CCC[C@H](N)C4)n(Cc4ccccc4)c3c2=O)=C1. The van der Waals surface area contributed by atoms with E-state index >= 15 is 0 Å². The van der Waals surface area contributed by atoms with Crippen LogP contribution in [0.3, 0.4) is 0 Å². The molecule has 8 nitrogen and oxygen atoms in total. The Morgan fingerprint density at radius 1 is 1.26 bits per heavy atom. The number of fused-ring (bicyclic) bond motifs is 1. The van der Waals surface area contributed by atoms with Crippen molar-refractivity contribution in [2.24, 2.45) is 5.73 Å².